The van der Waals surface area contributed by atoms with Gasteiger partial charge in [0.2, 0.25) is 0 Å². The second kappa shape index (κ2) is 5.90. The Bertz CT molecular complexity index is 450. The van der Waals surface area contributed by atoms with Crippen LogP contribution in [-0.4, -0.2) is 37.1 Å². The first-order valence-corrected chi connectivity index (χ1v) is 8.03. The molecule has 0 aromatic heterocycles. The predicted octanol–water partition coefficient (Wildman–Crippen LogP) is 3.75. The maximum absolute atomic E-state index is 6.26. The van der Waals surface area contributed by atoms with Gasteiger partial charge >= 0.3 is 0 Å². The van der Waals surface area contributed by atoms with Crippen molar-refractivity contribution in [2.75, 3.05) is 31.1 Å². The molecule has 1 unspecified atom stereocenters. The molecule has 2 aliphatic heterocycles. The van der Waals surface area contributed by atoms with Crippen molar-refractivity contribution in [1.29, 1.82) is 0 Å². The highest BCUT2D eigenvalue weighted by Gasteiger charge is 2.29. The zero-order chi connectivity index (χ0) is 13.2. The first-order valence-electron chi connectivity index (χ1n) is 7.12. The molecule has 2 saturated heterocycles. The number of fused-ring (bicyclic) bond motifs is 1. The summed E-state index contributed by atoms with van der Waals surface area (Å²) in [4.78, 5) is 5.11. The van der Waals surface area contributed by atoms with Gasteiger partial charge in [-0.25, -0.2) is 0 Å². The van der Waals surface area contributed by atoms with Crippen molar-refractivity contribution >= 4 is 28.9 Å². The highest BCUT2D eigenvalue weighted by molar-refractivity contribution is 6.32. The lowest BCUT2D eigenvalue weighted by atomic mass is 9.99. The van der Waals surface area contributed by atoms with Gasteiger partial charge in [0.15, 0.2) is 0 Å². The van der Waals surface area contributed by atoms with Crippen molar-refractivity contribution in [3.05, 3.63) is 28.8 Å². The molecule has 2 fully saturated rings. The minimum absolute atomic E-state index is 0.486. The van der Waals surface area contributed by atoms with Gasteiger partial charge in [-0.15, -0.1) is 11.6 Å². The Hall–Kier alpha value is -0.440. The molecule has 0 spiro atoms. The van der Waals surface area contributed by atoms with Crippen molar-refractivity contribution in [3.8, 4) is 0 Å². The van der Waals surface area contributed by atoms with Gasteiger partial charge in [-0.2, -0.15) is 0 Å². The molecule has 2 nitrogen and oxygen atoms in total. The summed E-state index contributed by atoms with van der Waals surface area (Å²) in [5.74, 6) is 0.486. The summed E-state index contributed by atoms with van der Waals surface area (Å²) < 4.78 is 0. The number of alkyl halides is 1. The lowest BCUT2D eigenvalue weighted by Gasteiger charge is -2.45. The Balaban J connectivity index is 1.81. The van der Waals surface area contributed by atoms with E-state index in [-0.39, 0.29) is 0 Å². The lowest BCUT2D eigenvalue weighted by molar-refractivity contribution is 0.133. The summed E-state index contributed by atoms with van der Waals surface area (Å²) in [5.41, 5.74) is 2.31. The summed E-state index contributed by atoms with van der Waals surface area (Å²) in [6.45, 7) is 4.64. The second-order valence-corrected chi connectivity index (χ2v) is 6.18. The van der Waals surface area contributed by atoms with E-state index in [1.54, 1.807) is 0 Å². The predicted molar refractivity (Wildman–Crippen MR) is 82.4 cm³/mol. The van der Waals surface area contributed by atoms with Gasteiger partial charge in [-0.05, 0) is 31.5 Å². The van der Waals surface area contributed by atoms with Crippen LogP contribution in [-0.2, 0) is 5.88 Å². The van der Waals surface area contributed by atoms with Crippen molar-refractivity contribution < 1.29 is 0 Å². The molecule has 4 heteroatoms. The number of benzene rings is 1. The minimum atomic E-state index is 0.486. The van der Waals surface area contributed by atoms with Gasteiger partial charge in [0.1, 0.15) is 0 Å². The number of hydrogen-bond acceptors (Lipinski definition) is 2. The van der Waals surface area contributed by atoms with Gasteiger partial charge in [0.05, 0.1) is 5.88 Å². The molecule has 3 rings (SSSR count). The molecule has 0 amide bonds. The van der Waals surface area contributed by atoms with E-state index in [4.69, 9.17) is 23.2 Å². The van der Waals surface area contributed by atoms with Crippen LogP contribution in [0.1, 0.15) is 24.8 Å². The Morgan fingerprint density at radius 1 is 1.16 bits per heavy atom. The van der Waals surface area contributed by atoms with Crippen LogP contribution in [0.3, 0.4) is 0 Å². The Labute approximate surface area is 125 Å². The van der Waals surface area contributed by atoms with Crippen LogP contribution in [0.15, 0.2) is 18.2 Å². The van der Waals surface area contributed by atoms with E-state index in [1.807, 2.05) is 12.1 Å². The third-order valence-electron chi connectivity index (χ3n) is 4.41. The number of piperazine rings is 1. The normalized spacial score (nSPS) is 24.3. The molecule has 1 atom stereocenters. The summed E-state index contributed by atoms with van der Waals surface area (Å²) >= 11 is 12.3. The van der Waals surface area contributed by atoms with Gasteiger partial charge in [-0.1, -0.05) is 24.1 Å². The molecule has 0 saturated carbocycles. The number of piperidine rings is 1. The maximum Gasteiger partial charge on any atom is 0.0509 e. The third kappa shape index (κ3) is 2.72. The molecule has 104 valence electrons. The fraction of sp³-hybridized carbons (Fsp3) is 0.600. The number of nitrogens with zero attached hydrogens (tertiary/aromatic N) is 2. The molecular weight excluding hydrogens is 279 g/mol. The summed E-state index contributed by atoms with van der Waals surface area (Å²) in [7, 11) is 0. The standard InChI is InChI=1S/C15H20Cl2N2/c16-10-13-14(17)5-3-6-15(13)19-9-8-18-7-2-1-4-12(18)11-19/h3,5-6,12H,1-2,4,7-11H2. The van der Waals surface area contributed by atoms with E-state index in [0.29, 0.717) is 11.9 Å². The van der Waals surface area contributed by atoms with E-state index >= 15 is 0 Å². The molecule has 19 heavy (non-hydrogen) atoms. The lowest BCUT2D eigenvalue weighted by Crippen LogP contribution is -2.55. The van der Waals surface area contributed by atoms with Crippen molar-refractivity contribution in [1.82, 2.24) is 4.90 Å². The zero-order valence-electron chi connectivity index (χ0n) is 11.1. The monoisotopic (exact) mass is 298 g/mol. The largest absolute Gasteiger partial charge is 0.368 e. The summed E-state index contributed by atoms with van der Waals surface area (Å²) in [6.07, 6.45) is 4.06. The molecule has 0 aliphatic carbocycles. The molecule has 1 aromatic rings. The summed E-state index contributed by atoms with van der Waals surface area (Å²) in [5, 5.41) is 0.790. The van der Waals surface area contributed by atoms with Crippen molar-refractivity contribution in [2.24, 2.45) is 0 Å². The van der Waals surface area contributed by atoms with Crippen LogP contribution in [0.5, 0.6) is 0 Å². The Morgan fingerprint density at radius 3 is 2.89 bits per heavy atom. The topological polar surface area (TPSA) is 6.48 Å². The Morgan fingerprint density at radius 2 is 2.05 bits per heavy atom. The number of rotatable bonds is 2. The molecule has 0 N–H and O–H groups in total. The van der Waals surface area contributed by atoms with Crippen LogP contribution < -0.4 is 4.90 Å². The SMILES string of the molecule is ClCc1c(Cl)cccc1N1CCN2CCCCC2C1. The van der Waals surface area contributed by atoms with Gasteiger partial charge < -0.3 is 4.90 Å². The van der Waals surface area contributed by atoms with Gasteiger partial charge in [-0.3, -0.25) is 4.90 Å². The molecule has 1 aromatic carbocycles. The van der Waals surface area contributed by atoms with Gasteiger partial charge in [0.25, 0.3) is 0 Å². The fourth-order valence-electron chi connectivity index (χ4n) is 3.35. The first-order chi connectivity index (χ1) is 9.29. The number of anilines is 1. The molecule has 0 bridgehead atoms. The van der Waals surface area contributed by atoms with E-state index in [2.05, 4.69) is 15.9 Å². The van der Waals surface area contributed by atoms with Crippen LogP contribution in [0.4, 0.5) is 5.69 Å². The number of hydrogen-bond donors (Lipinski definition) is 0. The second-order valence-electron chi connectivity index (χ2n) is 5.50. The van der Waals surface area contributed by atoms with Crippen LogP contribution in [0.25, 0.3) is 0 Å². The highest BCUT2D eigenvalue weighted by atomic mass is 35.5. The molecule has 0 radical (unpaired) electrons. The van der Waals surface area contributed by atoms with E-state index in [0.717, 1.165) is 23.7 Å². The molecule has 2 heterocycles. The average molecular weight is 299 g/mol. The molecule has 2 aliphatic rings. The Kier molecular flexibility index (Phi) is 4.21. The fourth-order valence-corrected chi connectivity index (χ4v) is 3.94. The zero-order valence-corrected chi connectivity index (χ0v) is 12.6. The quantitative estimate of drug-likeness (QED) is 0.767. The maximum atomic E-state index is 6.26. The highest BCUT2D eigenvalue weighted by Crippen LogP contribution is 2.32. The van der Waals surface area contributed by atoms with Crippen molar-refractivity contribution in [2.45, 2.75) is 31.2 Å². The first kappa shape index (κ1) is 13.5. The smallest absolute Gasteiger partial charge is 0.0509 e. The van der Waals surface area contributed by atoms with E-state index in [9.17, 15) is 0 Å². The number of halogens is 2. The summed E-state index contributed by atoms with van der Waals surface area (Å²) in [6, 6.07) is 6.83. The van der Waals surface area contributed by atoms with Crippen LogP contribution in [0, 0.1) is 0 Å². The third-order valence-corrected chi connectivity index (χ3v) is 5.03. The van der Waals surface area contributed by atoms with Crippen LogP contribution >= 0.6 is 23.2 Å². The van der Waals surface area contributed by atoms with Gasteiger partial charge in [0, 0.05) is 41.9 Å². The van der Waals surface area contributed by atoms with Crippen LogP contribution in [0.2, 0.25) is 5.02 Å². The minimum Gasteiger partial charge on any atom is -0.368 e. The molecular formula is C15H20Cl2N2. The van der Waals surface area contributed by atoms with E-state index in [1.165, 1.54) is 38.0 Å². The average Bonchev–Trinajstić information content (AvgIpc) is 2.46. The van der Waals surface area contributed by atoms with E-state index < -0.39 is 0 Å². The van der Waals surface area contributed by atoms with Crippen molar-refractivity contribution in [3.63, 3.8) is 0 Å².